The molecule has 1 aromatic rings. The van der Waals surface area contributed by atoms with Gasteiger partial charge in [0.15, 0.2) is 0 Å². The molecule has 0 atom stereocenters. The van der Waals surface area contributed by atoms with Gasteiger partial charge in [0.25, 0.3) is 0 Å². The average Bonchev–Trinajstić information content (AvgIpc) is 2.74. The molecule has 0 aromatic heterocycles. The van der Waals surface area contributed by atoms with Gasteiger partial charge in [-0.05, 0) is 43.9 Å². The molecule has 1 heterocycles. The molecule has 0 bridgehead atoms. The molecule has 1 aliphatic rings. The van der Waals surface area contributed by atoms with E-state index in [1.54, 1.807) is 7.11 Å². The maximum atomic E-state index is 12.5. The number of allylic oxidation sites excluding steroid dienone is 1. The fraction of sp³-hybridized carbons (Fsp3) is 0.500. The van der Waals surface area contributed by atoms with Crippen molar-refractivity contribution in [2.24, 2.45) is 0 Å². The van der Waals surface area contributed by atoms with Crippen molar-refractivity contribution < 1.29 is 14.3 Å². The summed E-state index contributed by atoms with van der Waals surface area (Å²) in [5.74, 6) is 0.544. The van der Waals surface area contributed by atoms with E-state index in [-0.39, 0.29) is 5.97 Å². The van der Waals surface area contributed by atoms with Gasteiger partial charge in [-0.1, -0.05) is 18.6 Å². The Balaban J connectivity index is 2.46. The van der Waals surface area contributed by atoms with E-state index in [1.807, 2.05) is 31.2 Å². The van der Waals surface area contributed by atoms with E-state index in [0.29, 0.717) is 12.2 Å². The van der Waals surface area contributed by atoms with Crippen LogP contribution in [-0.4, -0.2) is 38.2 Å². The minimum absolute atomic E-state index is 0.239. The third-order valence-electron chi connectivity index (χ3n) is 4.01. The van der Waals surface area contributed by atoms with Gasteiger partial charge in [0.2, 0.25) is 0 Å². The summed E-state index contributed by atoms with van der Waals surface area (Å²) in [7, 11) is 3.70. The summed E-state index contributed by atoms with van der Waals surface area (Å²) >= 11 is 0. The zero-order valence-electron chi connectivity index (χ0n) is 13.7. The molecule has 4 nitrogen and oxygen atoms in total. The summed E-state index contributed by atoms with van der Waals surface area (Å²) in [5.41, 5.74) is 2.66. The first-order valence-electron chi connectivity index (χ1n) is 7.93. The minimum Gasteiger partial charge on any atom is -0.497 e. The second-order valence-corrected chi connectivity index (χ2v) is 5.50. The Bertz CT molecular complexity index is 534. The van der Waals surface area contributed by atoms with E-state index in [2.05, 4.69) is 11.9 Å². The summed E-state index contributed by atoms with van der Waals surface area (Å²) < 4.78 is 10.5. The zero-order valence-corrected chi connectivity index (χ0v) is 13.7. The first-order valence-corrected chi connectivity index (χ1v) is 7.93. The number of likely N-dealkylation sites (tertiary alicyclic amines) is 1. The summed E-state index contributed by atoms with van der Waals surface area (Å²) in [6.45, 7) is 3.20. The highest BCUT2D eigenvalue weighted by Crippen LogP contribution is 2.29. The molecular formula is C18H25NO3. The van der Waals surface area contributed by atoms with Crippen LogP contribution in [-0.2, 0) is 9.53 Å². The number of methoxy groups -OCH3 is 1. The van der Waals surface area contributed by atoms with E-state index in [4.69, 9.17) is 9.47 Å². The first kappa shape index (κ1) is 16.4. The number of esters is 1. The Labute approximate surface area is 132 Å². The molecule has 1 aromatic carbocycles. The van der Waals surface area contributed by atoms with Gasteiger partial charge in [0.1, 0.15) is 5.75 Å². The molecule has 1 fully saturated rings. The van der Waals surface area contributed by atoms with Crippen LogP contribution in [0.1, 0.15) is 38.2 Å². The zero-order chi connectivity index (χ0) is 15.9. The molecule has 1 saturated heterocycles. The van der Waals surface area contributed by atoms with Crippen molar-refractivity contribution in [1.82, 2.24) is 4.90 Å². The molecule has 0 spiro atoms. The second-order valence-electron chi connectivity index (χ2n) is 5.50. The normalized spacial score (nSPS) is 17.7. The smallest absolute Gasteiger partial charge is 0.340 e. The van der Waals surface area contributed by atoms with E-state index >= 15 is 0 Å². The lowest BCUT2D eigenvalue weighted by molar-refractivity contribution is -0.136. The Morgan fingerprint density at radius 2 is 1.91 bits per heavy atom. The number of rotatable bonds is 4. The van der Waals surface area contributed by atoms with Crippen molar-refractivity contribution >= 4 is 11.5 Å². The minimum atomic E-state index is -0.239. The molecule has 2 rings (SSSR count). The van der Waals surface area contributed by atoms with Gasteiger partial charge in [-0.15, -0.1) is 0 Å². The number of hydrogen-bond donors (Lipinski definition) is 0. The van der Waals surface area contributed by atoms with Gasteiger partial charge in [0.05, 0.1) is 19.3 Å². The van der Waals surface area contributed by atoms with Crippen LogP contribution in [0.2, 0.25) is 0 Å². The summed E-state index contributed by atoms with van der Waals surface area (Å²) in [5, 5.41) is 0. The number of carbonyl (C=O) groups is 1. The number of benzene rings is 1. The predicted molar refractivity (Wildman–Crippen MR) is 87.6 cm³/mol. The monoisotopic (exact) mass is 303 g/mol. The van der Waals surface area contributed by atoms with Crippen LogP contribution < -0.4 is 4.74 Å². The molecule has 120 valence electrons. The number of ether oxygens (including phenoxy) is 2. The summed E-state index contributed by atoms with van der Waals surface area (Å²) in [6.07, 6.45) is 4.39. The lowest BCUT2D eigenvalue weighted by Crippen LogP contribution is -2.21. The number of hydrogen-bond acceptors (Lipinski definition) is 4. The SMILES string of the molecule is CCOC(=O)/C(=C1/CCCCCN1C)c1ccc(OC)cc1. The molecule has 0 amide bonds. The van der Waals surface area contributed by atoms with E-state index in [0.717, 1.165) is 36.4 Å². The standard InChI is InChI=1S/C18H25NO3/c1-4-22-18(20)17(14-9-11-15(21-3)12-10-14)16-8-6-5-7-13-19(16)2/h9-12H,4-8,13H2,1-3H3/b17-16-. The first-order chi connectivity index (χ1) is 10.7. The van der Waals surface area contributed by atoms with Gasteiger partial charge in [-0.3, -0.25) is 0 Å². The lowest BCUT2D eigenvalue weighted by Gasteiger charge is -2.23. The molecule has 4 heteroatoms. The molecule has 0 radical (unpaired) electrons. The van der Waals surface area contributed by atoms with E-state index in [9.17, 15) is 4.79 Å². The van der Waals surface area contributed by atoms with Gasteiger partial charge in [0, 0.05) is 19.3 Å². The van der Waals surface area contributed by atoms with Crippen LogP contribution >= 0.6 is 0 Å². The van der Waals surface area contributed by atoms with Crippen molar-refractivity contribution in [2.45, 2.75) is 32.6 Å². The Morgan fingerprint density at radius 3 is 2.55 bits per heavy atom. The van der Waals surface area contributed by atoms with Crippen molar-refractivity contribution in [3.05, 3.63) is 35.5 Å². The molecular weight excluding hydrogens is 278 g/mol. The van der Waals surface area contributed by atoms with Crippen LogP contribution in [0.25, 0.3) is 5.57 Å². The molecule has 0 saturated carbocycles. The fourth-order valence-electron chi connectivity index (χ4n) is 2.82. The quantitative estimate of drug-likeness (QED) is 0.630. The van der Waals surface area contributed by atoms with Crippen LogP contribution in [0.3, 0.4) is 0 Å². The van der Waals surface area contributed by atoms with E-state index in [1.165, 1.54) is 12.8 Å². The van der Waals surface area contributed by atoms with Crippen LogP contribution in [0.5, 0.6) is 5.75 Å². The van der Waals surface area contributed by atoms with Crippen molar-refractivity contribution in [3.8, 4) is 5.75 Å². The molecule has 0 N–H and O–H groups in total. The third-order valence-corrected chi connectivity index (χ3v) is 4.01. The number of carbonyl (C=O) groups excluding carboxylic acids is 1. The summed E-state index contributed by atoms with van der Waals surface area (Å²) in [4.78, 5) is 14.7. The predicted octanol–water partition coefficient (Wildman–Crippen LogP) is 3.48. The Hall–Kier alpha value is -1.97. The Morgan fingerprint density at radius 1 is 1.18 bits per heavy atom. The van der Waals surface area contributed by atoms with Crippen molar-refractivity contribution in [1.29, 1.82) is 0 Å². The third kappa shape index (κ3) is 3.81. The Kier molecular flexibility index (Phi) is 5.87. The lowest BCUT2D eigenvalue weighted by atomic mass is 10.0. The van der Waals surface area contributed by atoms with Crippen LogP contribution in [0.15, 0.2) is 30.0 Å². The highest BCUT2D eigenvalue weighted by atomic mass is 16.5. The molecule has 0 unspecified atom stereocenters. The number of nitrogens with zero attached hydrogens (tertiary/aromatic N) is 1. The van der Waals surface area contributed by atoms with Crippen LogP contribution in [0.4, 0.5) is 0 Å². The van der Waals surface area contributed by atoms with E-state index < -0.39 is 0 Å². The largest absolute Gasteiger partial charge is 0.497 e. The van der Waals surface area contributed by atoms with Crippen molar-refractivity contribution in [3.63, 3.8) is 0 Å². The second kappa shape index (κ2) is 7.87. The van der Waals surface area contributed by atoms with Gasteiger partial charge >= 0.3 is 5.97 Å². The van der Waals surface area contributed by atoms with Gasteiger partial charge in [-0.25, -0.2) is 4.79 Å². The topological polar surface area (TPSA) is 38.8 Å². The fourth-order valence-corrected chi connectivity index (χ4v) is 2.82. The summed E-state index contributed by atoms with van der Waals surface area (Å²) in [6, 6.07) is 7.62. The molecule has 0 aliphatic carbocycles. The molecule has 22 heavy (non-hydrogen) atoms. The molecule has 1 aliphatic heterocycles. The maximum Gasteiger partial charge on any atom is 0.340 e. The highest BCUT2D eigenvalue weighted by molar-refractivity contribution is 6.17. The average molecular weight is 303 g/mol. The van der Waals surface area contributed by atoms with Gasteiger partial charge < -0.3 is 14.4 Å². The van der Waals surface area contributed by atoms with Crippen molar-refractivity contribution in [2.75, 3.05) is 27.3 Å². The maximum absolute atomic E-state index is 12.5. The van der Waals surface area contributed by atoms with Crippen LogP contribution in [0, 0.1) is 0 Å². The van der Waals surface area contributed by atoms with Gasteiger partial charge in [-0.2, -0.15) is 0 Å². The highest BCUT2D eigenvalue weighted by Gasteiger charge is 2.22.